The fourth-order valence-electron chi connectivity index (χ4n) is 2.19. The molecule has 0 aliphatic rings. The maximum Gasteiger partial charge on any atom is 0.229 e. The molecule has 1 aromatic heterocycles. The van der Waals surface area contributed by atoms with E-state index in [1.165, 1.54) is 0 Å². The molecule has 0 aliphatic heterocycles. The maximum atomic E-state index is 12.3. The van der Waals surface area contributed by atoms with Crippen LogP contribution in [-0.4, -0.2) is 15.7 Å². The Morgan fingerprint density at radius 3 is 2.67 bits per heavy atom. The van der Waals surface area contributed by atoms with E-state index in [0.29, 0.717) is 11.6 Å². The molecule has 0 unspecified atom stereocenters. The van der Waals surface area contributed by atoms with Gasteiger partial charge >= 0.3 is 0 Å². The second kappa shape index (κ2) is 6.31. The Morgan fingerprint density at radius 2 is 2.05 bits per heavy atom. The molecule has 0 bridgehead atoms. The second-order valence-electron chi connectivity index (χ2n) is 5.46. The van der Waals surface area contributed by atoms with Crippen molar-refractivity contribution in [2.45, 2.75) is 34.2 Å². The summed E-state index contributed by atoms with van der Waals surface area (Å²) in [7, 11) is 0. The molecule has 112 valence electrons. The molecule has 1 atom stereocenters. The number of rotatable bonds is 4. The Labute approximate surface area is 130 Å². The Morgan fingerprint density at radius 1 is 1.33 bits per heavy atom. The highest BCUT2D eigenvalue weighted by atomic mass is 35.5. The number of nitrogens with one attached hydrogen (secondary N) is 1. The number of halogens is 1. The number of carbonyl (C=O) groups is 1. The van der Waals surface area contributed by atoms with Crippen molar-refractivity contribution in [1.29, 1.82) is 0 Å². The molecule has 4 nitrogen and oxygen atoms in total. The third kappa shape index (κ3) is 3.85. The Kier molecular flexibility index (Phi) is 4.68. The van der Waals surface area contributed by atoms with Crippen LogP contribution in [0.1, 0.15) is 23.9 Å². The zero-order valence-electron chi connectivity index (χ0n) is 12.8. The number of benzene rings is 1. The highest BCUT2D eigenvalue weighted by molar-refractivity contribution is 6.31. The zero-order chi connectivity index (χ0) is 15.6. The topological polar surface area (TPSA) is 46.9 Å². The number of aryl methyl sites for hydroxylation is 3. The number of anilines is 1. The highest BCUT2D eigenvalue weighted by Crippen LogP contribution is 2.21. The maximum absolute atomic E-state index is 12.3. The van der Waals surface area contributed by atoms with E-state index in [9.17, 15) is 4.79 Å². The molecule has 1 amide bonds. The molecule has 0 saturated carbocycles. The lowest BCUT2D eigenvalue weighted by Crippen LogP contribution is -2.25. The van der Waals surface area contributed by atoms with Gasteiger partial charge in [0.25, 0.3) is 0 Å². The van der Waals surface area contributed by atoms with E-state index in [0.717, 1.165) is 22.6 Å². The molecule has 1 aromatic carbocycles. The summed E-state index contributed by atoms with van der Waals surface area (Å²) >= 11 is 5.97. The van der Waals surface area contributed by atoms with Crippen LogP contribution in [0.5, 0.6) is 0 Å². The lowest BCUT2D eigenvalue weighted by atomic mass is 10.1. The number of hydrogen-bond donors (Lipinski definition) is 1. The van der Waals surface area contributed by atoms with Crippen molar-refractivity contribution in [3.63, 3.8) is 0 Å². The minimum atomic E-state index is -0.179. The summed E-state index contributed by atoms with van der Waals surface area (Å²) in [6.07, 6.45) is 0. The molecule has 1 N–H and O–H groups in total. The molecular formula is C16H20ClN3O. The van der Waals surface area contributed by atoms with Gasteiger partial charge in [-0.15, -0.1) is 0 Å². The monoisotopic (exact) mass is 305 g/mol. The third-order valence-electron chi connectivity index (χ3n) is 3.46. The quantitative estimate of drug-likeness (QED) is 0.935. The summed E-state index contributed by atoms with van der Waals surface area (Å²) in [6, 6.07) is 7.48. The van der Waals surface area contributed by atoms with Crippen molar-refractivity contribution < 1.29 is 4.79 Å². The van der Waals surface area contributed by atoms with Crippen LogP contribution in [0.3, 0.4) is 0 Å². The first-order chi connectivity index (χ1) is 9.86. The fraction of sp³-hybridized carbons (Fsp3) is 0.375. The summed E-state index contributed by atoms with van der Waals surface area (Å²) in [5.74, 6) is -0.214. The van der Waals surface area contributed by atoms with Gasteiger partial charge in [-0.25, -0.2) is 0 Å². The van der Waals surface area contributed by atoms with Gasteiger partial charge in [0.1, 0.15) is 0 Å². The number of amides is 1. The molecule has 1 heterocycles. The van der Waals surface area contributed by atoms with Crippen LogP contribution in [0.2, 0.25) is 5.02 Å². The molecule has 21 heavy (non-hydrogen) atoms. The molecule has 0 radical (unpaired) electrons. The lowest BCUT2D eigenvalue weighted by molar-refractivity contribution is -0.119. The van der Waals surface area contributed by atoms with Crippen molar-refractivity contribution in [3.8, 4) is 0 Å². The second-order valence-corrected chi connectivity index (χ2v) is 5.90. The van der Waals surface area contributed by atoms with Crippen molar-refractivity contribution in [2.24, 2.45) is 5.92 Å². The van der Waals surface area contributed by atoms with Gasteiger partial charge in [-0.3, -0.25) is 9.48 Å². The summed E-state index contributed by atoms with van der Waals surface area (Å²) in [4.78, 5) is 12.3. The summed E-state index contributed by atoms with van der Waals surface area (Å²) < 4.78 is 1.87. The van der Waals surface area contributed by atoms with Crippen LogP contribution in [0, 0.1) is 26.7 Å². The van der Waals surface area contributed by atoms with Gasteiger partial charge in [0, 0.05) is 16.4 Å². The largest absolute Gasteiger partial charge is 0.326 e. The average molecular weight is 306 g/mol. The van der Waals surface area contributed by atoms with E-state index in [-0.39, 0.29) is 11.8 Å². The Hall–Kier alpha value is -1.81. The first-order valence-corrected chi connectivity index (χ1v) is 7.32. The normalized spacial score (nSPS) is 12.2. The minimum absolute atomic E-state index is 0.0343. The molecule has 2 rings (SSSR count). The van der Waals surface area contributed by atoms with Gasteiger partial charge < -0.3 is 5.32 Å². The van der Waals surface area contributed by atoms with Gasteiger partial charge in [0.2, 0.25) is 5.91 Å². The van der Waals surface area contributed by atoms with E-state index in [1.54, 1.807) is 6.07 Å². The first-order valence-electron chi connectivity index (χ1n) is 6.95. The summed E-state index contributed by atoms with van der Waals surface area (Å²) in [5.41, 5.74) is 3.77. The number of hydrogen-bond acceptors (Lipinski definition) is 2. The number of aromatic nitrogens is 2. The van der Waals surface area contributed by atoms with Gasteiger partial charge in [0.05, 0.1) is 18.2 Å². The molecule has 5 heteroatoms. The molecule has 2 aromatic rings. The van der Waals surface area contributed by atoms with E-state index in [2.05, 4.69) is 10.4 Å². The minimum Gasteiger partial charge on any atom is -0.326 e. The molecule has 0 fully saturated rings. The fourth-order valence-corrected chi connectivity index (χ4v) is 2.36. The molecule has 0 aliphatic carbocycles. The SMILES string of the molecule is Cc1cc(C)n(C[C@H](C)C(=O)Nc2cc(Cl)ccc2C)n1. The Balaban J connectivity index is 2.06. The van der Waals surface area contributed by atoms with Gasteiger partial charge in [-0.05, 0) is 44.5 Å². The van der Waals surface area contributed by atoms with Crippen molar-refractivity contribution in [1.82, 2.24) is 9.78 Å². The van der Waals surface area contributed by atoms with Gasteiger partial charge in [-0.1, -0.05) is 24.6 Å². The van der Waals surface area contributed by atoms with Crippen LogP contribution < -0.4 is 5.32 Å². The van der Waals surface area contributed by atoms with Crippen LogP contribution in [0.25, 0.3) is 0 Å². The third-order valence-corrected chi connectivity index (χ3v) is 3.69. The van der Waals surface area contributed by atoms with Crippen LogP contribution in [0.4, 0.5) is 5.69 Å². The molecule has 0 saturated heterocycles. The zero-order valence-corrected chi connectivity index (χ0v) is 13.5. The van der Waals surface area contributed by atoms with Crippen molar-refractivity contribution >= 4 is 23.2 Å². The lowest BCUT2D eigenvalue weighted by Gasteiger charge is -2.15. The number of nitrogens with zero attached hydrogens (tertiary/aromatic N) is 2. The van der Waals surface area contributed by atoms with Crippen molar-refractivity contribution in [3.05, 3.63) is 46.2 Å². The predicted molar refractivity (Wildman–Crippen MR) is 85.7 cm³/mol. The van der Waals surface area contributed by atoms with Crippen LogP contribution >= 0.6 is 11.6 Å². The summed E-state index contributed by atoms with van der Waals surface area (Å²) in [6.45, 7) is 8.34. The van der Waals surface area contributed by atoms with Crippen molar-refractivity contribution in [2.75, 3.05) is 5.32 Å². The summed E-state index contributed by atoms with van der Waals surface area (Å²) in [5, 5.41) is 7.93. The highest BCUT2D eigenvalue weighted by Gasteiger charge is 2.16. The van der Waals surface area contributed by atoms with Crippen LogP contribution in [0.15, 0.2) is 24.3 Å². The molecular weight excluding hydrogens is 286 g/mol. The van der Waals surface area contributed by atoms with Gasteiger partial charge in [0.15, 0.2) is 0 Å². The van der Waals surface area contributed by atoms with E-state index in [1.807, 2.05) is 50.6 Å². The first kappa shape index (κ1) is 15.6. The Bertz CT molecular complexity index is 664. The van der Waals surface area contributed by atoms with E-state index < -0.39 is 0 Å². The average Bonchev–Trinajstić information content (AvgIpc) is 2.72. The van der Waals surface area contributed by atoms with E-state index in [4.69, 9.17) is 11.6 Å². The van der Waals surface area contributed by atoms with Gasteiger partial charge in [-0.2, -0.15) is 5.10 Å². The van der Waals surface area contributed by atoms with E-state index >= 15 is 0 Å². The van der Waals surface area contributed by atoms with Crippen LogP contribution in [-0.2, 0) is 11.3 Å². The molecule has 0 spiro atoms. The smallest absolute Gasteiger partial charge is 0.229 e. The predicted octanol–water partition coefficient (Wildman–Crippen LogP) is 3.74. The standard InChI is InChI=1S/C16H20ClN3O/c1-10-5-6-14(17)8-15(10)18-16(21)11(2)9-20-13(4)7-12(3)19-20/h5-8,11H,9H2,1-4H3,(H,18,21)/t11-/m0/s1. The number of carbonyl (C=O) groups excluding carboxylic acids is 1.